The zero-order valence-corrected chi connectivity index (χ0v) is 16.2. The Bertz CT molecular complexity index is 817. The summed E-state index contributed by atoms with van der Waals surface area (Å²) in [6, 6.07) is 17.3. The van der Waals surface area contributed by atoms with Gasteiger partial charge in [-0.1, -0.05) is 71.1 Å². The molecular weight excluding hydrogens is 390 g/mol. The minimum absolute atomic E-state index is 0.242. The second kappa shape index (κ2) is 9.89. The Morgan fingerprint density at radius 2 is 1.88 bits per heavy atom. The van der Waals surface area contributed by atoms with Crippen molar-refractivity contribution in [2.75, 3.05) is 17.7 Å². The highest BCUT2D eigenvalue weighted by atomic mass is 35.5. The minimum atomic E-state index is -0.586. The van der Waals surface area contributed by atoms with Gasteiger partial charge in [0.1, 0.15) is 0 Å². The van der Waals surface area contributed by atoms with Gasteiger partial charge < -0.3 is 15.2 Å². The van der Waals surface area contributed by atoms with Crippen LogP contribution >= 0.6 is 34.7 Å². The van der Waals surface area contributed by atoms with Crippen molar-refractivity contribution in [3.63, 3.8) is 0 Å². The highest BCUT2D eigenvalue weighted by molar-refractivity contribution is 8.01. The van der Waals surface area contributed by atoms with Gasteiger partial charge in [-0.3, -0.25) is 0 Å². The molecule has 0 bridgehead atoms. The van der Waals surface area contributed by atoms with Gasteiger partial charge in [-0.05, 0) is 23.8 Å². The molecule has 0 radical (unpaired) electrons. The van der Waals surface area contributed by atoms with Crippen LogP contribution in [0.25, 0.3) is 0 Å². The third-order valence-corrected chi connectivity index (χ3v) is 5.84. The summed E-state index contributed by atoms with van der Waals surface area (Å²) in [6.07, 6.45) is -0.586. The number of halogens is 1. The molecule has 2 N–H and O–H groups in total. The highest BCUT2D eigenvalue weighted by Crippen LogP contribution is 2.28. The number of benzene rings is 2. The molecule has 5 nitrogen and oxygen atoms in total. The Balaban J connectivity index is 1.39. The Labute approximate surface area is 165 Å². The van der Waals surface area contributed by atoms with E-state index in [9.17, 15) is 5.11 Å². The van der Waals surface area contributed by atoms with Gasteiger partial charge in [-0.15, -0.1) is 10.2 Å². The Morgan fingerprint density at radius 3 is 2.69 bits per heavy atom. The maximum absolute atomic E-state index is 10.1. The molecule has 3 aromatic rings. The Morgan fingerprint density at radius 1 is 1.12 bits per heavy atom. The van der Waals surface area contributed by atoms with E-state index in [1.54, 1.807) is 0 Å². The third-order valence-electron chi connectivity index (χ3n) is 3.36. The molecule has 0 aliphatic carbocycles. The van der Waals surface area contributed by atoms with Gasteiger partial charge in [0.05, 0.1) is 19.3 Å². The Hall–Kier alpha value is -1.64. The van der Waals surface area contributed by atoms with E-state index in [1.165, 1.54) is 23.1 Å². The van der Waals surface area contributed by atoms with Crippen LogP contribution in [0.4, 0.5) is 10.8 Å². The second-order valence-corrected chi connectivity index (χ2v) is 8.09. The van der Waals surface area contributed by atoms with E-state index >= 15 is 0 Å². The fourth-order valence-electron chi connectivity index (χ4n) is 2.10. The monoisotopic (exact) mass is 407 g/mol. The van der Waals surface area contributed by atoms with Gasteiger partial charge in [0, 0.05) is 16.5 Å². The van der Waals surface area contributed by atoms with Crippen molar-refractivity contribution in [2.45, 2.75) is 17.1 Å². The topological polar surface area (TPSA) is 67.3 Å². The fraction of sp³-hybridized carbons (Fsp3) is 0.222. The standard InChI is InChI=1S/C18H18ClN3O2S2/c19-16-9-5-4-6-13(16)10-24-11-15(23)12-25-18-22-21-17(26-18)20-14-7-2-1-3-8-14/h1-9,15,23H,10-12H2,(H,20,21)/t15-/m0/s1. The number of aliphatic hydroxyl groups excluding tert-OH is 1. The minimum Gasteiger partial charge on any atom is -0.390 e. The smallest absolute Gasteiger partial charge is 0.210 e. The molecule has 26 heavy (non-hydrogen) atoms. The molecule has 136 valence electrons. The van der Waals surface area contributed by atoms with E-state index in [2.05, 4.69) is 15.5 Å². The first-order valence-corrected chi connectivity index (χ1v) is 10.2. The lowest BCUT2D eigenvalue weighted by atomic mass is 10.2. The number of anilines is 2. The van der Waals surface area contributed by atoms with Gasteiger partial charge in [0.2, 0.25) is 5.13 Å². The molecule has 0 saturated heterocycles. The predicted octanol–water partition coefficient (Wildman–Crippen LogP) is 4.60. The van der Waals surface area contributed by atoms with Crippen LogP contribution in [0.2, 0.25) is 5.02 Å². The van der Waals surface area contributed by atoms with Crippen molar-refractivity contribution in [3.8, 4) is 0 Å². The maximum atomic E-state index is 10.1. The summed E-state index contributed by atoms with van der Waals surface area (Å²) >= 11 is 8.99. The van der Waals surface area contributed by atoms with E-state index < -0.39 is 6.10 Å². The van der Waals surface area contributed by atoms with Gasteiger partial charge in [0.15, 0.2) is 4.34 Å². The lowest BCUT2D eigenvalue weighted by molar-refractivity contribution is 0.0398. The summed E-state index contributed by atoms with van der Waals surface area (Å²) in [5.41, 5.74) is 1.88. The first kappa shape index (κ1) is 19.1. The van der Waals surface area contributed by atoms with Crippen LogP contribution in [0.5, 0.6) is 0 Å². The van der Waals surface area contributed by atoms with Gasteiger partial charge in [-0.25, -0.2) is 0 Å². The third kappa shape index (κ3) is 5.96. The number of ether oxygens (including phenoxy) is 1. The summed E-state index contributed by atoms with van der Waals surface area (Å²) in [5.74, 6) is 0.489. The number of rotatable bonds is 9. The molecule has 8 heteroatoms. The van der Waals surface area contributed by atoms with Crippen LogP contribution in [-0.4, -0.2) is 33.8 Å². The van der Waals surface area contributed by atoms with Crippen LogP contribution < -0.4 is 5.32 Å². The first-order valence-electron chi connectivity index (χ1n) is 7.98. The number of hydrogen-bond acceptors (Lipinski definition) is 7. The number of hydrogen-bond donors (Lipinski definition) is 2. The van der Waals surface area contributed by atoms with E-state index in [4.69, 9.17) is 16.3 Å². The first-order chi connectivity index (χ1) is 12.7. The molecule has 0 saturated carbocycles. The summed E-state index contributed by atoms with van der Waals surface area (Å²) < 4.78 is 6.34. The number of para-hydroxylation sites is 1. The number of aliphatic hydroxyl groups is 1. The zero-order valence-electron chi connectivity index (χ0n) is 13.8. The maximum Gasteiger partial charge on any atom is 0.210 e. The van der Waals surface area contributed by atoms with Gasteiger partial charge >= 0.3 is 0 Å². The van der Waals surface area contributed by atoms with E-state index in [1.807, 2.05) is 54.6 Å². The lowest BCUT2D eigenvalue weighted by Crippen LogP contribution is -2.17. The molecule has 0 aliphatic heterocycles. The van der Waals surface area contributed by atoms with Crippen LogP contribution in [0.3, 0.4) is 0 Å². The molecule has 0 amide bonds. The van der Waals surface area contributed by atoms with Crippen LogP contribution in [0, 0.1) is 0 Å². The molecule has 0 spiro atoms. The number of thioether (sulfide) groups is 1. The fourth-order valence-corrected chi connectivity index (χ4v) is 3.99. The molecule has 3 rings (SSSR count). The molecule has 1 aromatic heterocycles. The largest absolute Gasteiger partial charge is 0.390 e. The van der Waals surface area contributed by atoms with E-state index in [0.717, 1.165) is 20.7 Å². The summed E-state index contributed by atoms with van der Waals surface area (Å²) in [4.78, 5) is 0. The molecule has 1 heterocycles. The summed E-state index contributed by atoms with van der Waals surface area (Å²) in [7, 11) is 0. The van der Waals surface area contributed by atoms with Crippen LogP contribution in [0.15, 0.2) is 58.9 Å². The molecular formula is C18H18ClN3O2S2. The lowest BCUT2D eigenvalue weighted by Gasteiger charge is -2.10. The molecule has 2 aromatic carbocycles. The van der Waals surface area contributed by atoms with Crippen molar-refractivity contribution >= 4 is 45.5 Å². The second-order valence-electron chi connectivity index (χ2n) is 5.44. The Kier molecular flexibility index (Phi) is 7.28. The van der Waals surface area contributed by atoms with Crippen molar-refractivity contribution in [1.82, 2.24) is 10.2 Å². The van der Waals surface area contributed by atoms with Crippen molar-refractivity contribution in [2.24, 2.45) is 0 Å². The quantitative estimate of drug-likeness (QED) is 0.505. The number of nitrogens with zero attached hydrogens (tertiary/aromatic N) is 2. The van der Waals surface area contributed by atoms with Crippen LogP contribution in [0.1, 0.15) is 5.56 Å². The van der Waals surface area contributed by atoms with Crippen molar-refractivity contribution < 1.29 is 9.84 Å². The van der Waals surface area contributed by atoms with E-state index in [0.29, 0.717) is 17.4 Å². The zero-order chi connectivity index (χ0) is 18.2. The van der Waals surface area contributed by atoms with Crippen molar-refractivity contribution in [1.29, 1.82) is 0 Å². The average molecular weight is 408 g/mol. The van der Waals surface area contributed by atoms with Gasteiger partial charge in [-0.2, -0.15) is 0 Å². The molecule has 0 unspecified atom stereocenters. The van der Waals surface area contributed by atoms with Gasteiger partial charge in [0.25, 0.3) is 0 Å². The predicted molar refractivity (Wildman–Crippen MR) is 107 cm³/mol. The SMILES string of the molecule is O[C@@H](COCc1ccccc1Cl)CSc1nnc(Nc2ccccc2)s1. The molecule has 1 atom stereocenters. The van der Waals surface area contributed by atoms with Crippen molar-refractivity contribution in [3.05, 3.63) is 65.2 Å². The number of aromatic nitrogens is 2. The van der Waals surface area contributed by atoms with Crippen LogP contribution in [-0.2, 0) is 11.3 Å². The molecule has 0 aliphatic rings. The normalized spacial score (nSPS) is 12.1. The number of nitrogens with one attached hydrogen (secondary N) is 1. The average Bonchev–Trinajstić information content (AvgIpc) is 3.10. The summed E-state index contributed by atoms with van der Waals surface area (Å²) in [5, 5.41) is 22.9. The molecule has 0 fully saturated rings. The van der Waals surface area contributed by atoms with E-state index in [-0.39, 0.29) is 6.61 Å². The highest BCUT2D eigenvalue weighted by Gasteiger charge is 2.10. The summed E-state index contributed by atoms with van der Waals surface area (Å²) in [6.45, 7) is 0.623.